The molecule has 1 heterocycles. The summed E-state index contributed by atoms with van der Waals surface area (Å²) < 4.78 is 45.7. The first-order chi connectivity index (χ1) is 16.9. The molecule has 0 unspecified atom stereocenters. The summed E-state index contributed by atoms with van der Waals surface area (Å²) in [6.07, 6.45) is 14.1. The molecule has 35 heavy (non-hydrogen) atoms. The van der Waals surface area contributed by atoms with Crippen LogP contribution in [-0.2, 0) is 10.1 Å². The third-order valence-electron chi connectivity index (χ3n) is 5.48. The lowest BCUT2D eigenvalue weighted by Crippen LogP contribution is -2.04. The van der Waals surface area contributed by atoms with Crippen LogP contribution >= 0.6 is 0 Å². The van der Waals surface area contributed by atoms with Crippen molar-refractivity contribution in [2.45, 2.75) is 25.2 Å². The molecule has 0 atom stereocenters. The summed E-state index contributed by atoms with van der Waals surface area (Å²) in [6.45, 7) is 4.68. The number of methoxy groups -OCH3 is 1. The Labute approximate surface area is 204 Å². The van der Waals surface area contributed by atoms with E-state index in [1.54, 1.807) is 18.3 Å². The highest BCUT2D eigenvalue weighted by atomic mass is 32.2. The second-order valence-corrected chi connectivity index (χ2v) is 9.21. The molecular weight excluding hydrogens is 464 g/mol. The van der Waals surface area contributed by atoms with Crippen molar-refractivity contribution < 1.29 is 22.1 Å². The Balaban J connectivity index is 1.93. The lowest BCUT2D eigenvalue weighted by Gasteiger charge is -2.13. The van der Waals surface area contributed by atoms with E-state index in [4.69, 9.17) is 9.15 Å². The number of aromatic nitrogens is 1. The molecule has 1 aliphatic rings. The average Bonchev–Trinajstić information content (AvgIpc) is 3.34. The third kappa shape index (κ3) is 4.89. The molecule has 1 aromatic heterocycles. The first kappa shape index (κ1) is 24.4. The Morgan fingerprint density at radius 2 is 1.94 bits per heavy atom. The van der Waals surface area contributed by atoms with Crippen LogP contribution in [0.2, 0.25) is 0 Å². The first-order valence-corrected chi connectivity index (χ1v) is 12.6. The lowest BCUT2D eigenvalue weighted by molar-refractivity contribution is 0.402. The minimum absolute atomic E-state index is 0.0687. The second kappa shape index (κ2) is 10.2. The van der Waals surface area contributed by atoms with Gasteiger partial charge in [-0.25, -0.2) is 4.98 Å². The molecule has 0 radical (unpaired) electrons. The zero-order valence-electron chi connectivity index (χ0n) is 19.7. The van der Waals surface area contributed by atoms with Crippen LogP contribution in [0.4, 0.5) is 0 Å². The van der Waals surface area contributed by atoms with Crippen molar-refractivity contribution in [2.24, 2.45) is 4.99 Å². The van der Waals surface area contributed by atoms with Crippen LogP contribution in [0, 0.1) is 0 Å². The molecule has 2 aromatic carbocycles. The van der Waals surface area contributed by atoms with Crippen LogP contribution in [0.3, 0.4) is 0 Å². The van der Waals surface area contributed by atoms with Gasteiger partial charge in [0.2, 0.25) is 5.89 Å². The number of benzene rings is 2. The second-order valence-electron chi connectivity index (χ2n) is 7.82. The van der Waals surface area contributed by atoms with Crippen LogP contribution in [-0.4, -0.2) is 37.3 Å². The molecule has 3 aromatic rings. The fraction of sp³-hybridized carbons (Fsp3) is 0.185. The maximum absolute atomic E-state index is 12.2. The van der Waals surface area contributed by atoms with Gasteiger partial charge in [0, 0.05) is 28.6 Å². The molecular formula is C27H26N2O5S. The molecule has 0 fully saturated rings. The highest BCUT2D eigenvalue weighted by Crippen LogP contribution is 2.40. The number of hydrogen-bond donors (Lipinski definition) is 1. The van der Waals surface area contributed by atoms with Gasteiger partial charge in [0.05, 0.1) is 19.0 Å². The smallest absolute Gasteiger partial charge is 0.298 e. The Morgan fingerprint density at radius 3 is 2.63 bits per heavy atom. The normalized spacial score (nSPS) is 16.5. The van der Waals surface area contributed by atoms with Gasteiger partial charge in [-0.15, -0.1) is 0 Å². The van der Waals surface area contributed by atoms with Crippen molar-refractivity contribution >= 4 is 32.2 Å². The van der Waals surface area contributed by atoms with E-state index in [2.05, 4.69) is 16.9 Å². The first-order valence-electron chi connectivity index (χ1n) is 11.2. The molecule has 0 saturated carbocycles. The Bertz CT molecular complexity index is 1520. The van der Waals surface area contributed by atoms with Gasteiger partial charge in [-0.05, 0) is 30.9 Å². The molecule has 0 amide bonds. The van der Waals surface area contributed by atoms with E-state index in [0.717, 1.165) is 23.3 Å². The zero-order valence-corrected chi connectivity index (χ0v) is 20.5. The van der Waals surface area contributed by atoms with Gasteiger partial charge in [-0.2, -0.15) is 8.42 Å². The van der Waals surface area contributed by atoms with Crippen LogP contribution in [0.5, 0.6) is 5.75 Å². The fourth-order valence-corrected chi connectivity index (χ4v) is 4.66. The van der Waals surface area contributed by atoms with Gasteiger partial charge in [-0.3, -0.25) is 9.55 Å². The quantitative estimate of drug-likeness (QED) is 0.404. The largest absolute Gasteiger partial charge is 0.495 e. The number of hydrogen-bond acceptors (Lipinski definition) is 6. The van der Waals surface area contributed by atoms with Crippen LogP contribution in [0.1, 0.15) is 26.2 Å². The van der Waals surface area contributed by atoms with Gasteiger partial charge < -0.3 is 9.15 Å². The summed E-state index contributed by atoms with van der Waals surface area (Å²) >= 11 is 0. The van der Waals surface area contributed by atoms with E-state index in [-0.39, 0.29) is 10.6 Å². The van der Waals surface area contributed by atoms with E-state index in [1.165, 1.54) is 13.2 Å². The number of rotatable bonds is 7. The van der Waals surface area contributed by atoms with Gasteiger partial charge in [0.15, 0.2) is 5.76 Å². The monoisotopic (exact) mass is 490 g/mol. The van der Waals surface area contributed by atoms with Gasteiger partial charge in [0.1, 0.15) is 10.6 Å². The van der Waals surface area contributed by atoms with E-state index < -0.39 is 10.1 Å². The highest BCUT2D eigenvalue weighted by Gasteiger charge is 2.24. The maximum atomic E-state index is 12.2. The van der Waals surface area contributed by atoms with Crippen molar-refractivity contribution in [3.05, 3.63) is 84.4 Å². The molecule has 0 saturated heterocycles. The summed E-state index contributed by atoms with van der Waals surface area (Å²) in [4.78, 5) is 8.86. The average molecular weight is 491 g/mol. The molecule has 1 N–H and O–H groups in total. The maximum Gasteiger partial charge on any atom is 0.298 e. The van der Waals surface area contributed by atoms with E-state index in [1.807, 2.05) is 55.5 Å². The van der Waals surface area contributed by atoms with Crippen molar-refractivity contribution in [3.8, 4) is 17.1 Å². The summed E-state index contributed by atoms with van der Waals surface area (Å²) in [7, 11) is -3.20. The van der Waals surface area contributed by atoms with E-state index in [9.17, 15) is 13.0 Å². The molecule has 0 aliphatic heterocycles. The number of oxazole rings is 1. The molecule has 8 heteroatoms. The zero-order chi connectivity index (χ0) is 25.0. The van der Waals surface area contributed by atoms with Crippen molar-refractivity contribution in [1.82, 2.24) is 4.98 Å². The highest BCUT2D eigenvalue weighted by molar-refractivity contribution is 7.86. The SMILES string of the molecule is C\C=C/C(=C1/C=CC=C/C1=N\CCC)c1ncc(-c2cc(S(=O)(=O)O)c(OC)c3ccccc23)o1. The number of nitrogens with zero attached hydrogens (tertiary/aromatic N) is 2. The molecule has 0 bridgehead atoms. The molecule has 0 spiro atoms. The van der Waals surface area contributed by atoms with Crippen molar-refractivity contribution in [1.29, 1.82) is 0 Å². The topological polar surface area (TPSA) is 102 Å². The molecule has 4 rings (SSSR count). The standard InChI is InChI=1S/C27H26N2O5S/c1-4-10-21(19-12-8-9-14-23(19)28-15-5-2)27-29-17-24(34-27)22-16-25(35(30,31)32)26(33-3)20-13-7-6-11-18(20)22/h4,6-14,16-17H,5,15H2,1-3H3,(H,30,31,32)/b10-4-,21-19+,28-23+. The fourth-order valence-electron chi connectivity index (χ4n) is 3.97. The van der Waals surface area contributed by atoms with Crippen molar-refractivity contribution in [2.75, 3.05) is 13.7 Å². The van der Waals surface area contributed by atoms with Crippen LogP contribution in [0.25, 0.3) is 27.7 Å². The van der Waals surface area contributed by atoms with E-state index in [0.29, 0.717) is 34.5 Å². The summed E-state index contributed by atoms with van der Waals surface area (Å²) in [5.74, 6) is 0.790. The van der Waals surface area contributed by atoms with Crippen LogP contribution < -0.4 is 4.74 Å². The van der Waals surface area contributed by atoms with Gasteiger partial charge in [0.25, 0.3) is 10.1 Å². The third-order valence-corrected chi connectivity index (χ3v) is 6.34. The Kier molecular flexibility index (Phi) is 7.14. The van der Waals surface area contributed by atoms with Gasteiger partial charge >= 0.3 is 0 Å². The Morgan fingerprint density at radius 1 is 1.20 bits per heavy atom. The summed E-state index contributed by atoms with van der Waals surface area (Å²) in [5.41, 5.74) is 2.94. The predicted octanol–water partition coefficient (Wildman–Crippen LogP) is 6.06. The minimum Gasteiger partial charge on any atom is -0.495 e. The Hall–Kier alpha value is -3.75. The number of allylic oxidation sites excluding steroid dienone is 8. The van der Waals surface area contributed by atoms with E-state index >= 15 is 0 Å². The summed E-state index contributed by atoms with van der Waals surface area (Å²) in [5, 5.41) is 1.23. The van der Waals surface area contributed by atoms with Crippen LogP contribution in [0.15, 0.2) is 92.9 Å². The number of ether oxygens (including phenoxy) is 1. The van der Waals surface area contributed by atoms with Gasteiger partial charge in [-0.1, -0.05) is 61.6 Å². The number of aliphatic imine (C=N–C) groups is 1. The molecule has 1 aliphatic carbocycles. The lowest BCUT2D eigenvalue weighted by atomic mass is 9.98. The predicted molar refractivity (Wildman–Crippen MR) is 138 cm³/mol. The van der Waals surface area contributed by atoms with Crippen molar-refractivity contribution in [3.63, 3.8) is 0 Å². The summed E-state index contributed by atoms with van der Waals surface area (Å²) in [6, 6.07) is 8.51. The molecule has 180 valence electrons. The minimum atomic E-state index is -4.56. The molecule has 7 nitrogen and oxygen atoms in total. The number of fused-ring (bicyclic) bond motifs is 1.